The number of halogens is 1. The van der Waals surface area contributed by atoms with Crippen LogP contribution in [0.2, 0.25) is 0 Å². The second kappa shape index (κ2) is 19.1. The number of fused-ring (bicyclic) bond motifs is 1. The van der Waals surface area contributed by atoms with Gasteiger partial charge >= 0.3 is 0 Å². The van der Waals surface area contributed by atoms with Gasteiger partial charge in [-0.3, -0.25) is 38.9 Å². The summed E-state index contributed by atoms with van der Waals surface area (Å²) < 4.78 is 43.6. The smallest absolute Gasteiger partial charge is 0.262 e. The molecule has 3 N–H and O–H groups in total. The van der Waals surface area contributed by atoms with Gasteiger partial charge in [0.15, 0.2) is 5.82 Å². The van der Waals surface area contributed by atoms with E-state index in [-0.39, 0.29) is 64.1 Å². The van der Waals surface area contributed by atoms with Crippen LogP contribution in [0.25, 0.3) is 21.8 Å². The molecular weight excluding hydrogens is 922 g/mol. The van der Waals surface area contributed by atoms with Crippen molar-refractivity contribution in [2.24, 2.45) is 5.92 Å². The molecule has 19 heteroatoms. The highest BCUT2D eigenvalue weighted by Gasteiger charge is 2.45. The fourth-order valence-corrected chi connectivity index (χ4v) is 11.8. The molecule has 16 nitrogen and oxygen atoms in total. The van der Waals surface area contributed by atoms with Gasteiger partial charge in [-0.1, -0.05) is 45.9 Å². The summed E-state index contributed by atoms with van der Waals surface area (Å²) in [6.07, 6.45) is 5.17. The van der Waals surface area contributed by atoms with Crippen molar-refractivity contribution in [3.05, 3.63) is 100 Å². The van der Waals surface area contributed by atoms with Crippen LogP contribution in [0.4, 0.5) is 27.4 Å². The van der Waals surface area contributed by atoms with Crippen molar-refractivity contribution >= 4 is 73.9 Å². The van der Waals surface area contributed by atoms with E-state index in [1.807, 2.05) is 37.8 Å². The number of thiazole rings is 1. The van der Waals surface area contributed by atoms with Crippen molar-refractivity contribution in [1.82, 2.24) is 30.1 Å². The number of amides is 5. The van der Waals surface area contributed by atoms with E-state index in [1.165, 1.54) is 23.0 Å². The first-order chi connectivity index (χ1) is 33.0. The molecule has 5 amide bonds. The molecular formula is C50H54FN9O7S2. The second-order valence-electron chi connectivity index (χ2n) is 19.1. The predicted molar refractivity (Wildman–Crippen MR) is 261 cm³/mol. The van der Waals surface area contributed by atoms with Crippen molar-refractivity contribution in [3.8, 4) is 21.8 Å². The Morgan fingerprint density at radius 1 is 0.870 bits per heavy atom. The summed E-state index contributed by atoms with van der Waals surface area (Å²) >= 11 is 1.40. The molecule has 9 rings (SSSR count). The number of sulfonamides is 1. The Morgan fingerprint density at radius 3 is 2.29 bits per heavy atom. The molecule has 69 heavy (non-hydrogen) atoms. The molecule has 360 valence electrons. The zero-order valence-corrected chi connectivity index (χ0v) is 40.5. The number of nitrogens with zero attached hydrogens (tertiary/aromatic N) is 6. The normalized spacial score (nSPS) is 18.4. The lowest BCUT2D eigenvalue weighted by molar-refractivity contribution is -0.137. The minimum absolute atomic E-state index is 0.0575. The monoisotopic (exact) mass is 975 g/mol. The Morgan fingerprint density at radius 2 is 1.59 bits per heavy atom. The van der Waals surface area contributed by atoms with E-state index in [0.717, 1.165) is 34.1 Å². The molecule has 2 aromatic heterocycles. The number of anilines is 4. The number of hydrogen-bond donors (Lipinski definition) is 3. The Bertz CT molecular complexity index is 2960. The van der Waals surface area contributed by atoms with Crippen LogP contribution in [0, 0.1) is 11.7 Å². The standard InChI is InChI=1S/C50H54FN9O7S2/c1-5-27-69(66,67)57-37-8-6-7-35(41(37)51)42-43(68-48(56-42)50(2,3)4)38-17-22-52-49(54-38)53-32-11-9-29(10-12-32)30-18-25-59(26-19-30)45(63)31-20-23-58(24-21-31)33-13-14-34-36(28-33)47(65)60(46(34)64)39-15-16-40(61)55-44(39)62/h6-14,17,22,28,30-31,39,57H,5,15-16,18-21,23-27H2,1-4H3,(H,52,53,54)(H,55,61,62)/t39-/m1/s1. The van der Waals surface area contributed by atoms with Crippen LogP contribution < -0.4 is 20.3 Å². The van der Waals surface area contributed by atoms with Crippen LogP contribution in [-0.2, 0) is 29.8 Å². The highest BCUT2D eigenvalue weighted by atomic mass is 32.2. The van der Waals surface area contributed by atoms with Crippen LogP contribution in [0.3, 0.4) is 0 Å². The third kappa shape index (κ3) is 9.84. The second-order valence-corrected chi connectivity index (χ2v) is 21.9. The quantitative estimate of drug-likeness (QED) is 0.103. The van der Waals surface area contributed by atoms with Crippen molar-refractivity contribution in [3.63, 3.8) is 0 Å². The summed E-state index contributed by atoms with van der Waals surface area (Å²) in [5.74, 6) is -2.31. The maximum atomic E-state index is 16.1. The lowest BCUT2D eigenvalue weighted by Gasteiger charge is -2.38. The molecule has 0 saturated carbocycles. The van der Waals surface area contributed by atoms with Crippen molar-refractivity contribution < 1.29 is 36.8 Å². The van der Waals surface area contributed by atoms with Gasteiger partial charge in [-0.15, -0.1) is 11.3 Å². The average molecular weight is 976 g/mol. The van der Waals surface area contributed by atoms with Crippen molar-refractivity contribution in [2.75, 3.05) is 46.9 Å². The SMILES string of the molecule is CCCS(=O)(=O)Nc1cccc(-c2nc(C(C)(C)C)sc2-c2ccnc(Nc3ccc(C4CCN(C(=O)C5CCN(c6ccc7c(c6)C(=O)N([C@@H]6CCC(=O)NC6=O)C7=O)CC5)CC4)cc3)n2)c1F. The molecule has 1 atom stereocenters. The van der Waals surface area contributed by atoms with Crippen LogP contribution in [-0.4, -0.2) is 101 Å². The summed E-state index contributed by atoms with van der Waals surface area (Å²) in [6, 6.07) is 18.6. The van der Waals surface area contributed by atoms with Crippen molar-refractivity contribution in [2.45, 2.75) is 90.0 Å². The average Bonchev–Trinajstić information content (AvgIpc) is 3.89. The first-order valence-electron chi connectivity index (χ1n) is 23.4. The maximum Gasteiger partial charge on any atom is 0.262 e. The van der Waals surface area contributed by atoms with E-state index >= 15 is 4.39 Å². The summed E-state index contributed by atoms with van der Waals surface area (Å²) in [4.78, 5) is 84.4. The molecule has 3 saturated heterocycles. The number of nitrogens with one attached hydrogen (secondary N) is 3. The van der Waals surface area contributed by atoms with Gasteiger partial charge < -0.3 is 15.1 Å². The highest BCUT2D eigenvalue weighted by Crippen LogP contribution is 2.42. The molecule has 4 aliphatic heterocycles. The van der Waals surface area contributed by atoms with E-state index in [9.17, 15) is 32.4 Å². The zero-order chi connectivity index (χ0) is 48.8. The first kappa shape index (κ1) is 47.5. The van der Waals surface area contributed by atoms with Gasteiger partial charge in [-0.25, -0.2) is 27.8 Å². The third-order valence-corrected chi connectivity index (χ3v) is 16.2. The fraction of sp³-hybridized carbons (Fsp3) is 0.400. The number of likely N-dealkylation sites (tertiary alicyclic amines) is 1. The Labute approximate surface area is 404 Å². The van der Waals surface area contributed by atoms with Gasteiger partial charge in [0.1, 0.15) is 6.04 Å². The Hall–Kier alpha value is -6.60. The fourth-order valence-electron chi connectivity index (χ4n) is 9.52. The Kier molecular flexibility index (Phi) is 13.1. The summed E-state index contributed by atoms with van der Waals surface area (Å²) in [5, 5.41) is 6.29. The molecule has 4 aliphatic rings. The minimum atomic E-state index is -3.73. The summed E-state index contributed by atoms with van der Waals surface area (Å²) in [7, 11) is -3.73. The van der Waals surface area contributed by atoms with E-state index in [1.54, 1.807) is 49.5 Å². The molecule has 3 aromatic carbocycles. The molecule has 0 aliphatic carbocycles. The van der Waals surface area contributed by atoms with Crippen LogP contribution in [0.5, 0.6) is 0 Å². The van der Waals surface area contributed by atoms with E-state index in [2.05, 4.69) is 37.4 Å². The predicted octanol–water partition coefficient (Wildman–Crippen LogP) is 7.62. The molecule has 6 heterocycles. The maximum absolute atomic E-state index is 16.1. The largest absolute Gasteiger partial charge is 0.371 e. The van der Waals surface area contributed by atoms with E-state index in [4.69, 9.17) is 9.97 Å². The highest BCUT2D eigenvalue weighted by molar-refractivity contribution is 7.92. The summed E-state index contributed by atoms with van der Waals surface area (Å²) in [5.41, 5.74) is 3.77. The molecule has 0 unspecified atom stereocenters. The lowest BCUT2D eigenvalue weighted by atomic mass is 9.88. The number of hydrogen-bond acceptors (Lipinski definition) is 13. The first-order valence-corrected chi connectivity index (χ1v) is 25.8. The summed E-state index contributed by atoms with van der Waals surface area (Å²) in [6.45, 7) is 10.4. The van der Waals surface area contributed by atoms with Gasteiger partial charge in [0.2, 0.25) is 33.7 Å². The van der Waals surface area contributed by atoms with Gasteiger partial charge in [0.25, 0.3) is 11.8 Å². The topological polar surface area (TPSA) is 204 Å². The third-order valence-electron chi connectivity index (χ3n) is 13.2. The number of carbonyl (C=O) groups is 5. The van der Waals surface area contributed by atoms with E-state index in [0.29, 0.717) is 67.7 Å². The van der Waals surface area contributed by atoms with Crippen LogP contribution >= 0.6 is 11.3 Å². The molecule has 0 radical (unpaired) electrons. The van der Waals surface area contributed by atoms with E-state index < -0.39 is 45.5 Å². The van der Waals surface area contributed by atoms with Gasteiger partial charge in [0, 0.05) is 67.1 Å². The van der Waals surface area contributed by atoms with Crippen LogP contribution in [0.15, 0.2) is 72.9 Å². The number of imide groups is 2. The number of benzene rings is 3. The zero-order valence-electron chi connectivity index (χ0n) is 38.9. The van der Waals surface area contributed by atoms with Crippen LogP contribution in [0.1, 0.15) is 110 Å². The lowest BCUT2D eigenvalue weighted by Crippen LogP contribution is -2.54. The van der Waals surface area contributed by atoms with Gasteiger partial charge in [-0.05, 0) is 98.5 Å². The van der Waals surface area contributed by atoms with Crippen molar-refractivity contribution in [1.29, 1.82) is 0 Å². The molecule has 0 spiro atoms. The molecule has 3 fully saturated rings. The molecule has 0 bridgehead atoms. The number of carbonyl (C=O) groups excluding carboxylic acids is 5. The minimum Gasteiger partial charge on any atom is -0.371 e. The number of aromatic nitrogens is 3. The molecule has 5 aromatic rings. The number of rotatable bonds is 12. The van der Waals surface area contributed by atoms with Gasteiger partial charge in [0.05, 0.1) is 43.8 Å². The number of piperidine rings is 3. The van der Waals surface area contributed by atoms with Gasteiger partial charge in [-0.2, -0.15) is 0 Å². The Balaban J connectivity index is 0.797.